The summed E-state index contributed by atoms with van der Waals surface area (Å²) >= 11 is 0. The SMILES string of the molecule is CN(C)c1cn([C@H]2C[C@H](N=[N+]=[N-])[C@@H](CO)O2)c(=O)[nH]c1=O.Cl. The lowest BCUT2D eigenvalue weighted by molar-refractivity contribution is -0.0270. The van der Waals surface area contributed by atoms with Gasteiger partial charge in [-0.2, -0.15) is 0 Å². The first-order valence-corrected chi connectivity index (χ1v) is 6.31. The van der Waals surface area contributed by atoms with Crippen molar-refractivity contribution in [3.63, 3.8) is 0 Å². The number of rotatable bonds is 4. The molecule has 1 aromatic heterocycles. The summed E-state index contributed by atoms with van der Waals surface area (Å²) < 4.78 is 6.75. The van der Waals surface area contributed by atoms with Crippen LogP contribution >= 0.6 is 12.4 Å². The number of aromatic amines is 1. The lowest BCUT2D eigenvalue weighted by atomic mass is 10.1. The van der Waals surface area contributed by atoms with Crippen LogP contribution in [-0.4, -0.2) is 47.5 Å². The number of hydrogen-bond donors (Lipinski definition) is 2. The van der Waals surface area contributed by atoms with E-state index in [2.05, 4.69) is 15.0 Å². The van der Waals surface area contributed by atoms with Gasteiger partial charge in [0.2, 0.25) is 0 Å². The molecule has 1 aromatic rings. The van der Waals surface area contributed by atoms with E-state index in [4.69, 9.17) is 10.3 Å². The van der Waals surface area contributed by atoms with Crippen LogP contribution in [0.4, 0.5) is 5.69 Å². The van der Waals surface area contributed by atoms with E-state index >= 15 is 0 Å². The van der Waals surface area contributed by atoms with Gasteiger partial charge in [0.25, 0.3) is 5.56 Å². The predicted octanol–water partition coefficient (Wildman–Crippen LogP) is -0.0169. The minimum absolute atomic E-state index is 0. The molecule has 3 atom stereocenters. The number of ether oxygens (including phenoxy) is 1. The number of nitrogens with zero attached hydrogens (tertiary/aromatic N) is 5. The molecule has 0 radical (unpaired) electrons. The van der Waals surface area contributed by atoms with E-state index in [0.717, 1.165) is 0 Å². The fraction of sp³-hybridized carbons (Fsp3) is 0.636. The molecule has 2 rings (SSSR count). The average Bonchev–Trinajstić information content (AvgIpc) is 2.81. The van der Waals surface area contributed by atoms with Gasteiger partial charge in [0.05, 0.1) is 18.8 Å². The highest BCUT2D eigenvalue weighted by Crippen LogP contribution is 2.30. The van der Waals surface area contributed by atoms with Gasteiger partial charge in [0.1, 0.15) is 11.9 Å². The standard InChI is InChI=1S/C11H16N6O4.ClH/c1-16(2)7-4-17(11(20)13-10(7)19)9-3-6(14-15-12)8(5-18)21-9;/h4,6,8-9,18H,3,5H2,1-2H3,(H,13,19,20);1H/t6-,8+,9+;/m0./s1. The number of halogens is 1. The van der Waals surface area contributed by atoms with Gasteiger partial charge in [0, 0.05) is 31.6 Å². The summed E-state index contributed by atoms with van der Waals surface area (Å²) in [7, 11) is 3.35. The van der Waals surface area contributed by atoms with Gasteiger partial charge in [-0.1, -0.05) is 5.11 Å². The third-order valence-corrected chi connectivity index (χ3v) is 3.33. The highest BCUT2D eigenvalue weighted by Gasteiger charge is 2.35. The molecule has 2 heterocycles. The third-order valence-electron chi connectivity index (χ3n) is 3.33. The quantitative estimate of drug-likeness (QED) is 0.453. The number of nitrogens with one attached hydrogen (secondary N) is 1. The van der Waals surface area contributed by atoms with E-state index in [1.807, 2.05) is 0 Å². The molecule has 10 nitrogen and oxygen atoms in total. The van der Waals surface area contributed by atoms with Gasteiger partial charge in [-0.25, -0.2) is 4.79 Å². The number of aliphatic hydroxyl groups is 1. The molecule has 11 heteroatoms. The molecule has 0 spiro atoms. The number of aromatic nitrogens is 2. The van der Waals surface area contributed by atoms with Crippen LogP contribution in [0.3, 0.4) is 0 Å². The summed E-state index contributed by atoms with van der Waals surface area (Å²) in [5.41, 5.74) is 7.69. The predicted molar refractivity (Wildman–Crippen MR) is 81.4 cm³/mol. The van der Waals surface area contributed by atoms with Crippen LogP contribution in [0.15, 0.2) is 20.9 Å². The molecule has 0 bridgehead atoms. The summed E-state index contributed by atoms with van der Waals surface area (Å²) in [6.07, 6.45) is 0.251. The van der Waals surface area contributed by atoms with Crippen molar-refractivity contribution in [3.05, 3.63) is 37.5 Å². The van der Waals surface area contributed by atoms with Crippen molar-refractivity contribution in [2.45, 2.75) is 24.8 Å². The lowest BCUT2D eigenvalue weighted by Gasteiger charge is -2.17. The van der Waals surface area contributed by atoms with Crippen molar-refractivity contribution in [2.24, 2.45) is 5.11 Å². The van der Waals surface area contributed by atoms with Crippen molar-refractivity contribution >= 4 is 18.1 Å². The van der Waals surface area contributed by atoms with Gasteiger partial charge in [-0.05, 0) is 5.53 Å². The molecule has 0 aromatic carbocycles. The lowest BCUT2D eigenvalue weighted by Crippen LogP contribution is -2.35. The van der Waals surface area contributed by atoms with Crippen molar-refractivity contribution in [1.29, 1.82) is 0 Å². The summed E-state index contributed by atoms with van der Waals surface area (Å²) in [5, 5.41) is 12.8. The van der Waals surface area contributed by atoms with Gasteiger partial charge >= 0.3 is 5.69 Å². The van der Waals surface area contributed by atoms with Crippen molar-refractivity contribution < 1.29 is 9.84 Å². The maximum atomic E-state index is 11.9. The average molecular weight is 333 g/mol. The van der Waals surface area contributed by atoms with Gasteiger partial charge in [0.15, 0.2) is 0 Å². The summed E-state index contributed by atoms with van der Waals surface area (Å²) in [5.74, 6) is 0. The van der Waals surface area contributed by atoms with Crippen molar-refractivity contribution in [2.75, 3.05) is 25.6 Å². The van der Waals surface area contributed by atoms with E-state index in [1.54, 1.807) is 19.0 Å². The fourth-order valence-electron chi connectivity index (χ4n) is 2.25. The maximum absolute atomic E-state index is 11.9. The topological polar surface area (TPSA) is 136 Å². The number of H-pyrrole nitrogens is 1. The van der Waals surface area contributed by atoms with Gasteiger partial charge < -0.3 is 14.7 Å². The summed E-state index contributed by atoms with van der Waals surface area (Å²) in [4.78, 5) is 30.1. The Hall–Kier alpha value is -2.00. The molecular formula is C11H17ClN6O4. The second kappa shape index (κ2) is 7.32. The smallest absolute Gasteiger partial charge is 0.330 e. The molecule has 1 aliphatic rings. The monoisotopic (exact) mass is 332 g/mol. The van der Waals surface area contributed by atoms with Crippen LogP contribution in [0.5, 0.6) is 0 Å². The van der Waals surface area contributed by atoms with Crippen LogP contribution in [0.2, 0.25) is 0 Å². The van der Waals surface area contributed by atoms with Crippen molar-refractivity contribution in [3.8, 4) is 0 Å². The number of azide groups is 1. The second-order valence-corrected chi connectivity index (χ2v) is 4.90. The minimum Gasteiger partial charge on any atom is -0.394 e. The van der Waals surface area contributed by atoms with Crippen LogP contribution < -0.4 is 16.1 Å². The Labute approximate surface area is 131 Å². The molecule has 1 aliphatic heterocycles. The molecule has 122 valence electrons. The Bertz CT molecular complexity index is 680. The normalized spacial score (nSPS) is 23.5. The highest BCUT2D eigenvalue weighted by atomic mass is 35.5. The Balaban J connectivity index is 0.00000242. The van der Waals surface area contributed by atoms with Crippen molar-refractivity contribution in [1.82, 2.24) is 9.55 Å². The Morgan fingerprint density at radius 1 is 1.59 bits per heavy atom. The van der Waals surface area contributed by atoms with Crippen LogP contribution in [0.25, 0.3) is 10.4 Å². The highest BCUT2D eigenvalue weighted by molar-refractivity contribution is 5.85. The first kappa shape index (κ1) is 18.1. The fourth-order valence-corrected chi connectivity index (χ4v) is 2.25. The number of hydrogen-bond acceptors (Lipinski definition) is 6. The van der Waals surface area contributed by atoms with Crippen LogP contribution in [0.1, 0.15) is 12.6 Å². The van der Waals surface area contributed by atoms with E-state index in [-0.39, 0.29) is 25.4 Å². The Kier molecular flexibility index (Phi) is 6.01. The number of anilines is 1. The minimum atomic E-state index is -0.708. The van der Waals surface area contributed by atoms with Gasteiger partial charge in [-0.3, -0.25) is 14.3 Å². The molecular weight excluding hydrogens is 316 g/mol. The Morgan fingerprint density at radius 2 is 2.27 bits per heavy atom. The first-order valence-electron chi connectivity index (χ1n) is 6.31. The second-order valence-electron chi connectivity index (χ2n) is 4.90. The van der Waals surface area contributed by atoms with Crippen LogP contribution in [0, 0.1) is 0 Å². The zero-order valence-electron chi connectivity index (χ0n) is 12.0. The van der Waals surface area contributed by atoms with E-state index in [0.29, 0.717) is 5.69 Å². The molecule has 0 unspecified atom stereocenters. The first-order chi connectivity index (χ1) is 9.97. The summed E-state index contributed by atoms with van der Waals surface area (Å²) in [6.45, 7) is -0.321. The van der Waals surface area contributed by atoms with Crippen LogP contribution in [-0.2, 0) is 4.74 Å². The van der Waals surface area contributed by atoms with E-state index in [1.165, 1.54) is 10.8 Å². The largest absolute Gasteiger partial charge is 0.394 e. The van der Waals surface area contributed by atoms with E-state index < -0.39 is 29.6 Å². The van der Waals surface area contributed by atoms with E-state index in [9.17, 15) is 14.7 Å². The molecule has 0 aliphatic carbocycles. The molecule has 1 saturated heterocycles. The molecule has 1 fully saturated rings. The summed E-state index contributed by atoms with van der Waals surface area (Å²) in [6, 6.07) is -0.563. The molecule has 0 saturated carbocycles. The van der Waals surface area contributed by atoms with Gasteiger partial charge in [-0.15, -0.1) is 12.4 Å². The third kappa shape index (κ3) is 3.42. The number of aliphatic hydroxyl groups excluding tert-OH is 1. The zero-order chi connectivity index (χ0) is 15.6. The molecule has 22 heavy (non-hydrogen) atoms. The molecule has 2 N–H and O–H groups in total. The Morgan fingerprint density at radius 3 is 2.82 bits per heavy atom. The zero-order valence-corrected chi connectivity index (χ0v) is 12.9. The maximum Gasteiger partial charge on any atom is 0.330 e. The molecule has 0 amide bonds.